The molecule has 348 valence electrons. The molecular weight excluding hydrogens is 795 g/mol. The number of rotatable bonds is 29. The van der Waals surface area contributed by atoms with Crippen molar-refractivity contribution in [3.05, 3.63) is 84.0 Å². The van der Waals surface area contributed by atoms with Crippen LogP contribution in [0.5, 0.6) is 11.5 Å². The minimum Gasteiger partial charge on any atom is -0.459 e. The number of oxime groups is 1. The van der Waals surface area contributed by atoms with Crippen LogP contribution in [0.25, 0.3) is 0 Å². The van der Waals surface area contributed by atoms with Crippen LogP contribution in [0.4, 0.5) is 4.79 Å². The standard InChI is InChI=1S/C52H77N3O8/c1-5-9-10-11-12-13-14-15-19-28-48(58)55(31-6-2)47-37-45(54-61-38-39-24-17-16-18-25-39)43-35-40(26-20-22-32-56)42(27-21-23-33-57)49-44-36-41(62-51(59)53-8-4)29-30-46(44)63-52(47,50(43)49)60-34-7-3/h7,16-18,24-25,29-30,35-36,40,42,47,49-50,56-57H,3,5-6,8-15,19-23,26-28,31-34,37-38H2,1-2,4H3,(H,53,59)/t40-,42+,47-,49+,50+,52+/m0/s1. The SMILES string of the molecule is C=CCO[C@@]12Oc3ccc(OC(=O)NCC)cc3[C@H]3[C@H](CCCCO)[C@@H](CCCCO)C=C(C(=NOCc4ccccc4)C[C@@H]1N(CCC)C(=O)CCCCCCCCCCC)[C@H]32. The van der Waals surface area contributed by atoms with E-state index in [2.05, 4.69) is 31.8 Å². The summed E-state index contributed by atoms with van der Waals surface area (Å²) >= 11 is 0. The normalized spacial score (nSPS) is 22.9. The Labute approximate surface area is 377 Å². The van der Waals surface area contributed by atoms with Crippen LogP contribution >= 0.6 is 0 Å². The van der Waals surface area contributed by atoms with Crippen LogP contribution in [0, 0.1) is 17.8 Å². The number of aliphatic hydroxyl groups excluding tert-OH is 2. The number of hydrogen-bond donors (Lipinski definition) is 3. The Hall–Kier alpha value is -4.19. The molecule has 0 radical (unpaired) electrons. The Bertz CT molecular complexity index is 1770. The average Bonchev–Trinajstić information content (AvgIpc) is 3.29. The molecule has 0 aromatic heterocycles. The number of benzene rings is 2. The van der Waals surface area contributed by atoms with E-state index in [0.717, 1.165) is 73.8 Å². The van der Waals surface area contributed by atoms with Crippen molar-refractivity contribution in [2.75, 3.05) is 32.9 Å². The number of nitrogens with one attached hydrogen (secondary N) is 1. The molecule has 1 heterocycles. The monoisotopic (exact) mass is 872 g/mol. The molecule has 1 aliphatic heterocycles. The van der Waals surface area contributed by atoms with Crippen molar-refractivity contribution in [1.82, 2.24) is 10.2 Å². The molecule has 11 heteroatoms. The van der Waals surface area contributed by atoms with Gasteiger partial charge in [0, 0.05) is 50.6 Å². The molecule has 6 atom stereocenters. The molecule has 3 aliphatic rings. The number of aliphatic hydroxyl groups is 2. The third-order valence-corrected chi connectivity index (χ3v) is 13.1. The summed E-state index contributed by atoms with van der Waals surface area (Å²) in [7, 11) is 0. The lowest BCUT2D eigenvalue weighted by atomic mass is 9.55. The number of carbonyl (C=O) groups excluding carboxylic acids is 2. The highest BCUT2D eigenvalue weighted by Gasteiger charge is 2.65. The first-order valence-corrected chi connectivity index (χ1v) is 24.3. The van der Waals surface area contributed by atoms with Gasteiger partial charge in [0.25, 0.3) is 0 Å². The lowest BCUT2D eigenvalue weighted by molar-refractivity contribution is -0.257. The van der Waals surface area contributed by atoms with Crippen LogP contribution in [0.3, 0.4) is 0 Å². The number of carbonyl (C=O) groups is 2. The number of allylic oxidation sites excluding steroid dienone is 1. The minimum absolute atomic E-state index is 0.0561. The highest BCUT2D eigenvalue weighted by atomic mass is 16.7. The molecule has 2 aromatic carbocycles. The Kier molecular flexibility index (Phi) is 21.0. The third-order valence-electron chi connectivity index (χ3n) is 13.1. The zero-order valence-corrected chi connectivity index (χ0v) is 38.6. The maximum atomic E-state index is 14.8. The van der Waals surface area contributed by atoms with Gasteiger partial charge in [-0.05, 0) is 86.6 Å². The van der Waals surface area contributed by atoms with E-state index in [9.17, 15) is 19.8 Å². The molecule has 2 aromatic rings. The van der Waals surface area contributed by atoms with Gasteiger partial charge in [0.15, 0.2) is 0 Å². The molecule has 1 saturated carbocycles. The van der Waals surface area contributed by atoms with Crippen LogP contribution in [-0.2, 0) is 21.0 Å². The van der Waals surface area contributed by atoms with Gasteiger partial charge in [-0.3, -0.25) is 4.79 Å². The molecule has 0 spiro atoms. The second kappa shape index (κ2) is 26.6. The van der Waals surface area contributed by atoms with E-state index in [0.29, 0.717) is 50.3 Å². The van der Waals surface area contributed by atoms with Crippen LogP contribution in [0.2, 0.25) is 0 Å². The molecule has 0 saturated heterocycles. The van der Waals surface area contributed by atoms with E-state index in [1.165, 1.54) is 38.5 Å². The number of nitrogens with zero attached hydrogens (tertiary/aromatic N) is 2. The Morgan fingerprint density at radius 3 is 2.30 bits per heavy atom. The first-order valence-electron chi connectivity index (χ1n) is 24.3. The molecule has 3 N–H and O–H groups in total. The molecular formula is C52H77N3O8. The second-order valence-corrected chi connectivity index (χ2v) is 17.6. The molecule has 2 aliphatic carbocycles. The highest BCUT2D eigenvalue weighted by molar-refractivity contribution is 6.03. The predicted molar refractivity (Wildman–Crippen MR) is 250 cm³/mol. The summed E-state index contributed by atoms with van der Waals surface area (Å²) < 4.78 is 20.3. The topological polar surface area (TPSA) is 139 Å². The first-order chi connectivity index (χ1) is 30.8. The maximum absolute atomic E-state index is 14.8. The van der Waals surface area contributed by atoms with Crippen molar-refractivity contribution in [2.45, 2.75) is 161 Å². The minimum atomic E-state index is -1.33. The van der Waals surface area contributed by atoms with Gasteiger partial charge in [0.1, 0.15) is 24.1 Å². The number of ether oxygens (including phenoxy) is 3. The van der Waals surface area contributed by atoms with Crippen molar-refractivity contribution < 1.29 is 38.9 Å². The Morgan fingerprint density at radius 1 is 0.905 bits per heavy atom. The van der Waals surface area contributed by atoms with Gasteiger partial charge in [-0.15, -0.1) is 6.58 Å². The van der Waals surface area contributed by atoms with Gasteiger partial charge in [-0.25, -0.2) is 4.79 Å². The van der Waals surface area contributed by atoms with E-state index in [-0.39, 0.29) is 50.1 Å². The fraction of sp³-hybridized carbons (Fsp3) is 0.635. The largest absolute Gasteiger partial charge is 0.459 e. The maximum Gasteiger partial charge on any atom is 0.412 e. The summed E-state index contributed by atoms with van der Waals surface area (Å²) in [5.74, 6) is -0.730. The van der Waals surface area contributed by atoms with Gasteiger partial charge >= 0.3 is 6.09 Å². The van der Waals surface area contributed by atoms with Gasteiger partial charge in [0.05, 0.1) is 18.2 Å². The van der Waals surface area contributed by atoms with Gasteiger partial charge in [-0.1, -0.05) is 126 Å². The average molecular weight is 872 g/mol. The van der Waals surface area contributed by atoms with Crippen molar-refractivity contribution in [3.8, 4) is 11.5 Å². The Morgan fingerprint density at radius 2 is 1.62 bits per heavy atom. The lowest BCUT2D eigenvalue weighted by Crippen LogP contribution is -2.70. The molecule has 2 amide bonds. The van der Waals surface area contributed by atoms with Crippen molar-refractivity contribution >= 4 is 17.7 Å². The van der Waals surface area contributed by atoms with Gasteiger partial charge in [0.2, 0.25) is 11.7 Å². The smallest absolute Gasteiger partial charge is 0.412 e. The van der Waals surface area contributed by atoms with Crippen LogP contribution in [0.15, 0.2) is 78.0 Å². The number of amides is 2. The van der Waals surface area contributed by atoms with Crippen molar-refractivity contribution in [2.24, 2.45) is 22.9 Å². The number of fused-ring (bicyclic) bond motifs is 2. The zero-order valence-electron chi connectivity index (χ0n) is 38.6. The molecule has 63 heavy (non-hydrogen) atoms. The molecule has 1 fully saturated rings. The number of hydrogen-bond acceptors (Lipinski definition) is 9. The first kappa shape index (κ1) is 49.8. The second-order valence-electron chi connectivity index (χ2n) is 17.6. The quantitative estimate of drug-likeness (QED) is 0.0417. The van der Waals surface area contributed by atoms with Crippen molar-refractivity contribution in [3.63, 3.8) is 0 Å². The van der Waals surface area contributed by atoms with E-state index in [4.69, 9.17) is 24.2 Å². The van der Waals surface area contributed by atoms with Crippen LogP contribution in [-0.4, -0.2) is 77.6 Å². The summed E-state index contributed by atoms with van der Waals surface area (Å²) in [6.45, 7) is 11.9. The van der Waals surface area contributed by atoms with E-state index in [1.54, 1.807) is 12.1 Å². The van der Waals surface area contributed by atoms with Crippen LogP contribution < -0.4 is 14.8 Å². The molecule has 11 nitrogen and oxygen atoms in total. The van der Waals surface area contributed by atoms with E-state index in [1.807, 2.05) is 54.3 Å². The summed E-state index contributed by atoms with van der Waals surface area (Å²) in [5.41, 5.74) is 3.64. The lowest BCUT2D eigenvalue weighted by Gasteiger charge is -2.60. The number of unbranched alkanes of at least 4 members (excludes halogenated alkanes) is 10. The molecule has 5 rings (SSSR count). The molecule has 0 bridgehead atoms. The summed E-state index contributed by atoms with van der Waals surface area (Å²) in [5, 5.41) is 27.6. The predicted octanol–water partition coefficient (Wildman–Crippen LogP) is 10.8. The fourth-order valence-corrected chi connectivity index (χ4v) is 10.2. The summed E-state index contributed by atoms with van der Waals surface area (Å²) in [6.07, 6.45) is 20.2. The van der Waals surface area contributed by atoms with E-state index < -0.39 is 23.8 Å². The Balaban J connectivity index is 1.64. The summed E-state index contributed by atoms with van der Waals surface area (Å²) in [4.78, 5) is 35.8. The zero-order chi connectivity index (χ0) is 44.9. The van der Waals surface area contributed by atoms with Crippen molar-refractivity contribution in [1.29, 1.82) is 0 Å². The van der Waals surface area contributed by atoms with Gasteiger partial charge < -0.3 is 39.5 Å². The van der Waals surface area contributed by atoms with Gasteiger partial charge in [-0.2, -0.15) is 0 Å². The highest BCUT2D eigenvalue weighted by Crippen LogP contribution is 2.62. The van der Waals surface area contributed by atoms with Crippen LogP contribution in [0.1, 0.15) is 153 Å². The van der Waals surface area contributed by atoms with E-state index >= 15 is 0 Å². The molecule has 0 unspecified atom stereocenters. The summed E-state index contributed by atoms with van der Waals surface area (Å²) in [6, 6.07) is 15.0. The fourth-order valence-electron chi connectivity index (χ4n) is 10.2. The third kappa shape index (κ3) is 13.4.